The molecule has 2 rings (SSSR count). The molecule has 63 valence electrons. The lowest BCUT2D eigenvalue weighted by Crippen LogP contribution is -2.15. The monoisotopic (exact) mass is 163 g/mol. The lowest BCUT2D eigenvalue weighted by molar-refractivity contribution is 0.0116. The van der Waals surface area contributed by atoms with E-state index in [1.807, 2.05) is 31.2 Å². The quantitative estimate of drug-likeness (QED) is 0.624. The largest absolute Gasteiger partial charge is 0.487 e. The van der Waals surface area contributed by atoms with Crippen molar-refractivity contribution >= 4 is 0 Å². The van der Waals surface area contributed by atoms with Crippen molar-refractivity contribution in [2.24, 2.45) is 0 Å². The predicted molar refractivity (Wildman–Crippen MR) is 44.6 cm³/mol. The molecule has 0 amide bonds. The van der Waals surface area contributed by atoms with Gasteiger partial charge in [-0.25, -0.2) is 5.11 Å². The molecule has 2 heteroatoms. The van der Waals surface area contributed by atoms with Crippen LogP contribution in [0.5, 0.6) is 5.75 Å². The summed E-state index contributed by atoms with van der Waals surface area (Å²) in [6.45, 7) is 1.97. The van der Waals surface area contributed by atoms with E-state index in [1.54, 1.807) is 0 Å². The molecule has 1 aliphatic heterocycles. The lowest BCUT2D eigenvalue weighted by Gasteiger charge is -2.08. The van der Waals surface area contributed by atoms with E-state index in [9.17, 15) is 5.11 Å². The first kappa shape index (κ1) is 7.62. The molecule has 1 aliphatic rings. The highest BCUT2D eigenvalue weighted by molar-refractivity contribution is 5.39. The second kappa shape index (κ2) is 2.79. The summed E-state index contributed by atoms with van der Waals surface area (Å²) < 4.78 is 5.46. The van der Waals surface area contributed by atoms with E-state index in [0.29, 0.717) is 0 Å². The summed E-state index contributed by atoms with van der Waals surface area (Å²) in [4.78, 5) is 0. The van der Waals surface area contributed by atoms with Crippen LogP contribution in [0.4, 0.5) is 0 Å². The van der Waals surface area contributed by atoms with Gasteiger partial charge in [-0.3, -0.25) is 0 Å². The highest BCUT2D eigenvalue weighted by Crippen LogP contribution is 2.37. The Morgan fingerprint density at radius 1 is 1.42 bits per heavy atom. The fraction of sp³-hybridized carbons (Fsp3) is 0.400. The zero-order valence-corrected chi connectivity index (χ0v) is 6.99. The van der Waals surface area contributed by atoms with Crippen LogP contribution in [0.15, 0.2) is 24.3 Å². The van der Waals surface area contributed by atoms with Gasteiger partial charge in [0.05, 0.1) is 0 Å². The summed E-state index contributed by atoms with van der Waals surface area (Å²) in [5.41, 5.74) is 0.810. The summed E-state index contributed by atoms with van der Waals surface area (Å²) in [6, 6.07) is 7.48. The van der Waals surface area contributed by atoms with Gasteiger partial charge >= 0.3 is 0 Å². The van der Waals surface area contributed by atoms with Crippen molar-refractivity contribution in [3.63, 3.8) is 0 Å². The van der Waals surface area contributed by atoms with Crippen LogP contribution in [0, 0.1) is 0 Å². The second-order valence-corrected chi connectivity index (χ2v) is 3.02. The molecule has 1 aromatic rings. The summed E-state index contributed by atoms with van der Waals surface area (Å²) in [5, 5.41) is 11.6. The molecular weight excluding hydrogens is 152 g/mol. The van der Waals surface area contributed by atoms with Crippen LogP contribution in [-0.4, -0.2) is 6.10 Å². The minimum absolute atomic E-state index is 0.164. The minimum atomic E-state index is -0.689. The van der Waals surface area contributed by atoms with Crippen molar-refractivity contribution < 1.29 is 9.84 Å². The molecule has 0 N–H and O–H groups in total. The third-order valence-corrected chi connectivity index (χ3v) is 2.24. The molecule has 0 spiro atoms. The molecule has 0 saturated heterocycles. The van der Waals surface area contributed by atoms with Gasteiger partial charge in [-0.15, -0.1) is 0 Å². The maximum absolute atomic E-state index is 11.6. The van der Waals surface area contributed by atoms with Crippen LogP contribution < -0.4 is 4.74 Å². The standard InChI is InChI=1S/C10H11O2/c1-2-8-10(11)7-5-3-4-6-9(7)12-8/h3-6,8,10H,2H2,1H3. The molecule has 0 bridgehead atoms. The van der Waals surface area contributed by atoms with Crippen molar-refractivity contribution in [3.05, 3.63) is 29.8 Å². The van der Waals surface area contributed by atoms with E-state index in [4.69, 9.17) is 4.74 Å². The first-order chi connectivity index (χ1) is 5.83. The van der Waals surface area contributed by atoms with Crippen LogP contribution in [0.25, 0.3) is 0 Å². The Labute approximate surface area is 71.8 Å². The van der Waals surface area contributed by atoms with Crippen molar-refractivity contribution in [3.8, 4) is 5.75 Å². The number of rotatable bonds is 1. The normalized spacial score (nSPS) is 26.5. The van der Waals surface area contributed by atoms with Crippen molar-refractivity contribution in [2.45, 2.75) is 25.6 Å². The summed E-state index contributed by atoms with van der Waals surface area (Å²) in [6.07, 6.45) is -0.0725. The van der Waals surface area contributed by atoms with Gasteiger partial charge in [-0.1, -0.05) is 25.1 Å². The summed E-state index contributed by atoms with van der Waals surface area (Å²) in [7, 11) is 0. The molecule has 0 aromatic heterocycles. The van der Waals surface area contributed by atoms with Crippen molar-refractivity contribution in [1.82, 2.24) is 0 Å². The van der Waals surface area contributed by atoms with E-state index >= 15 is 0 Å². The highest BCUT2D eigenvalue weighted by Gasteiger charge is 2.32. The van der Waals surface area contributed by atoms with Gasteiger partial charge < -0.3 is 4.74 Å². The molecule has 2 atom stereocenters. The van der Waals surface area contributed by atoms with Gasteiger partial charge in [-0.05, 0) is 12.5 Å². The van der Waals surface area contributed by atoms with Gasteiger partial charge in [0.1, 0.15) is 11.9 Å². The Kier molecular flexibility index (Phi) is 1.77. The van der Waals surface area contributed by atoms with Crippen LogP contribution in [0.1, 0.15) is 25.0 Å². The average Bonchev–Trinajstić information content (AvgIpc) is 2.44. The fourth-order valence-electron chi connectivity index (χ4n) is 1.55. The molecule has 12 heavy (non-hydrogen) atoms. The van der Waals surface area contributed by atoms with E-state index in [2.05, 4.69) is 0 Å². The number of ether oxygens (including phenoxy) is 1. The van der Waals surface area contributed by atoms with E-state index in [-0.39, 0.29) is 6.10 Å². The number of hydrogen-bond acceptors (Lipinski definition) is 1. The molecule has 0 fully saturated rings. The van der Waals surface area contributed by atoms with Gasteiger partial charge in [0.2, 0.25) is 0 Å². The summed E-state index contributed by atoms with van der Waals surface area (Å²) >= 11 is 0. The molecule has 2 nitrogen and oxygen atoms in total. The van der Waals surface area contributed by atoms with Crippen LogP contribution in [0.3, 0.4) is 0 Å². The zero-order valence-electron chi connectivity index (χ0n) is 6.99. The van der Waals surface area contributed by atoms with Crippen LogP contribution in [-0.2, 0) is 5.11 Å². The highest BCUT2D eigenvalue weighted by atomic mass is 16.5. The smallest absolute Gasteiger partial charge is 0.158 e. The molecule has 2 unspecified atom stereocenters. The minimum Gasteiger partial charge on any atom is -0.487 e. The number of hydrogen-bond donors (Lipinski definition) is 0. The second-order valence-electron chi connectivity index (χ2n) is 3.02. The fourth-order valence-corrected chi connectivity index (χ4v) is 1.55. The predicted octanol–water partition coefficient (Wildman–Crippen LogP) is 2.33. The van der Waals surface area contributed by atoms with Gasteiger partial charge in [0, 0.05) is 5.56 Å². The molecular formula is C10H11O2. The summed E-state index contributed by atoms with van der Waals surface area (Å²) in [5.74, 6) is 0.768. The van der Waals surface area contributed by atoms with Gasteiger partial charge in [0.25, 0.3) is 0 Å². The first-order valence-corrected chi connectivity index (χ1v) is 4.24. The Balaban J connectivity index is 2.35. The Morgan fingerprint density at radius 2 is 2.17 bits per heavy atom. The third kappa shape index (κ3) is 0.994. The van der Waals surface area contributed by atoms with Crippen molar-refractivity contribution in [1.29, 1.82) is 0 Å². The molecule has 1 aromatic carbocycles. The van der Waals surface area contributed by atoms with E-state index in [0.717, 1.165) is 17.7 Å². The third-order valence-electron chi connectivity index (χ3n) is 2.24. The average molecular weight is 163 g/mol. The van der Waals surface area contributed by atoms with Crippen molar-refractivity contribution in [2.75, 3.05) is 0 Å². The van der Waals surface area contributed by atoms with Gasteiger partial charge in [-0.2, -0.15) is 0 Å². The lowest BCUT2D eigenvalue weighted by atomic mass is 10.1. The Bertz CT molecular complexity index is 283. The number of para-hydroxylation sites is 1. The number of fused-ring (bicyclic) bond motifs is 1. The molecule has 1 heterocycles. The maximum atomic E-state index is 11.6. The first-order valence-electron chi connectivity index (χ1n) is 4.24. The molecule has 0 aliphatic carbocycles. The zero-order chi connectivity index (χ0) is 8.55. The Morgan fingerprint density at radius 3 is 2.83 bits per heavy atom. The van der Waals surface area contributed by atoms with E-state index < -0.39 is 6.10 Å². The molecule has 1 radical (unpaired) electrons. The topological polar surface area (TPSA) is 29.1 Å². The van der Waals surface area contributed by atoms with Crippen LogP contribution >= 0.6 is 0 Å². The van der Waals surface area contributed by atoms with E-state index in [1.165, 1.54) is 0 Å². The van der Waals surface area contributed by atoms with Gasteiger partial charge in [0.15, 0.2) is 6.10 Å². The maximum Gasteiger partial charge on any atom is 0.158 e. The number of benzene rings is 1. The van der Waals surface area contributed by atoms with Crippen LogP contribution in [0.2, 0.25) is 0 Å². The molecule has 0 saturated carbocycles. The Hall–Kier alpha value is -1.02. The SMILES string of the molecule is CCC1Oc2ccccc2C1[O].